The Kier molecular flexibility index (Phi) is 5.35. The number of fused-ring (bicyclic) bond motifs is 1. The van der Waals surface area contributed by atoms with Gasteiger partial charge in [-0.1, -0.05) is 0 Å². The van der Waals surface area contributed by atoms with E-state index in [9.17, 15) is 9.59 Å². The summed E-state index contributed by atoms with van der Waals surface area (Å²) in [7, 11) is 0. The molecule has 28 heavy (non-hydrogen) atoms. The molecule has 0 atom stereocenters. The fourth-order valence-electron chi connectivity index (χ4n) is 2.63. The van der Waals surface area contributed by atoms with Crippen LogP contribution in [-0.4, -0.2) is 34.1 Å². The molecule has 0 aliphatic rings. The summed E-state index contributed by atoms with van der Waals surface area (Å²) >= 11 is 0. The van der Waals surface area contributed by atoms with Crippen molar-refractivity contribution in [2.45, 2.75) is 33.3 Å². The number of nitrogens with zero attached hydrogens (tertiary/aromatic N) is 2. The molecule has 0 saturated carbocycles. The number of hydrogen-bond donors (Lipinski definition) is 1. The Bertz CT molecular complexity index is 1000. The number of hydrogen-bond acceptors (Lipinski definition) is 6. The minimum Gasteiger partial charge on any atom is -0.462 e. The SMILES string of the molecule is CCOC(=O)c1ccc(Nc2ccc3c(cnn3C(=O)OC(C)(C)C)c2)cc1. The van der Waals surface area contributed by atoms with E-state index in [0.29, 0.717) is 17.7 Å². The minimum absolute atomic E-state index is 0.343. The van der Waals surface area contributed by atoms with Crippen LogP contribution in [0.4, 0.5) is 16.2 Å². The van der Waals surface area contributed by atoms with Crippen LogP contribution in [0, 0.1) is 0 Å². The van der Waals surface area contributed by atoms with Gasteiger partial charge in [0.25, 0.3) is 0 Å². The first-order valence-corrected chi connectivity index (χ1v) is 9.02. The highest BCUT2D eigenvalue weighted by atomic mass is 16.6. The summed E-state index contributed by atoms with van der Waals surface area (Å²) in [5.41, 5.74) is 2.23. The molecule has 0 spiro atoms. The van der Waals surface area contributed by atoms with Crippen molar-refractivity contribution in [2.75, 3.05) is 11.9 Å². The van der Waals surface area contributed by atoms with E-state index in [1.165, 1.54) is 4.68 Å². The van der Waals surface area contributed by atoms with E-state index in [1.807, 2.05) is 39.0 Å². The molecule has 0 aliphatic carbocycles. The topological polar surface area (TPSA) is 82.5 Å². The summed E-state index contributed by atoms with van der Waals surface area (Å²) in [6, 6.07) is 12.6. The number of nitrogens with one attached hydrogen (secondary N) is 1. The molecule has 0 unspecified atom stereocenters. The van der Waals surface area contributed by atoms with E-state index in [4.69, 9.17) is 9.47 Å². The molecule has 7 heteroatoms. The Morgan fingerprint density at radius 3 is 2.39 bits per heavy atom. The third kappa shape index (κ3) is 4.49. The fraction of sp³-hybridized carbons (Fsp3) is 0.286. The van der Waals surface area contributed by atoms with Gasteiger partial charge in [0.1, 0.15) is 5.60 Å². The monoisotopic (exact) mass is 381 g/mol. The number of esters is 1. The first kappa shape index (κ1) is 19.4. The Morgan fingerprint density at radius 1 is 1.07 bits per heavy atom. The van der Waals surface area contributed by atoms with Crippen molar-refractivity contribution >= 4 is 34.3 Å². The third-order valence-corrected chi connectivity index (χ3v) is 3.82. The van der Waals surface area contributed by atoms with Gasteiger partial charge >= 0.3 is 12.1 Å². The molecule has 0 amide bonds. The van der Waals surface area contributed by atoms with Crippen LogP contribution < -0.4 is 5.32 Å². The van der Waals surface area contributed by atoms with Crippen LogP contribution in [0.1, 0.15) is 38.1 Å². The molecule has 1 heterocycles. The van der Waals surface area contributed by atoms with Gasteiger partial charge in [0.2, 0.25) is 0 Å². The zero-order valence-corrected chi connectivity index (χ0v) is 16.4. The molecule has 1 N–H and O–H groups in total. The van der Waals surface area contributed by atoms with E-state index >= 15 is 0 Å². The lowest BCUT2D eigenvalue weighted by molar-refractivity contribution is 0.0514. The lowest BCUT2D eigenvalue weighted by Gasteiger charge is -2.19. The molecule has 1 aromatic heterocycles. The van der Waals surface area contributed by atoms with Gasteiger partial charge in [-0.2, -0.15) is 9.78 Å². The lowest BCUT2D eigenvalue weighted by Crippen LogP contribution is -2.27. The Hall–Kier alpha value is -3.35. The fourth-order valence-corrected chi connectivity index (χ4v) is 2.63. The van der Waals surface area contributed by atoms with Crippen LogP contribution in [0.25, 0.3) is 10.9 Å². The molecule has 146 valence electrons. The standard InChI is InChI=1S/C21H23N3O4/c1-5-27-19(25)14-6-8-16(9-7-14)23-17-10-11-18-15(12-17)13-22-24(18)20(26)28-21(2,3)4/h6-13,23H,5H2,1-4H3. The highest BCUT2D eigenvalue weighted by Gasteiger charge is 2.20. The number of carbonyl (C=O) groups is 2. The van der Waals surface area contributed by atoms with Gasteiger partial charge in [-0.25, -0.2) is 9.59 Å². The molecule has 3 aromatic rings. The number of rotatable bonds is 4. The van der Waals surface area contributed by atoms with E-state index in [0.717, 1.165) is 16.8 Å². The summed E-state index contributed by atoms with van der Waals surface area (Å²) in [5, 5.41) is 8.21. The maximum atomic E-state index is 12.3. The van der Waals surface area contributed by atoms with Crippen LogP contribution in [0.15, 0.2) is 48.7 Å². The first-order valence-electron chi connectivity index (χ1n) is 9.02. The maximum Gasteiger partial charge on any atom is 0.435 e. The summed E-state index contributed by atoms with van der Waals surface area (Å²) in [6.07, 6.45) is 1.10. The predicted octanol–water partition coefficient (Wildman–Crippen LogP) is 4.74. The molecule has 2 aromatic carbocycles. The van der Waals surface area contributed by atoms with Crippen LogP contribution in [0.2, 0.25) is 0 Å². The number of aromatic nitrogens is 2. The molecule has 7 nitrogen and oxygen atoms in total. The molecular weight excluding hydrogens is 358 g/mol. The number of ether oxygens (including phenoxy) is 2. The molecule has 3 rings (SSSR count). The van der Waals surface area contributed by atoms with Crippen molar-refractivity contribution in [1.29, 1.82) is 0 Å². The molecule has 0 radical (unpaired) electrons. The molecular formula is C21H23N3O4. The van der Waals surface area contributed by atoms with E-state index < -0.39 is 11.7 Å². The number of benzene rings is 2. The maximum absolute atomic E-state index is 12.3. The highest BCUT2D eigenvalue weighted by molar-refractivity contribution is 5.91. The smallest absolute Gasteiger partial charge is 0.435 e. The van der Waals surface area contributed by atoms with Gasteiger partial charge in [0.05, 0.1) is 23.9 Å². The quantitative estimate of drug-likeness (QED) is 0.657. The summed E-state index contributed by atoms with van der Waals surface area (Å²) < 4.78 is 11.6. The van der Waals surface area contributed by atoms with Crippen LogP contribution >= 0.6 is 0 Å². The van der Waals surface area contributed by atoms with Crippen molar-refractivity contribution in [3.8, 4) is 0 Å². The summed E-state index contributed by atoms with van der Waals surface area (Å²) in [5.74, 6) is -0.343. The van der Waals surface area contributed by atoms with Gasteiger partial charge in [0.15, 0.2) is 0 Å². The minimum atomic E-state index is -0.591. The zero-order chi connectivity index (χ0) is 20.3. The summed E-state index contributed by atoms with van der Waals surface area (Å²) in [4.78, 5) is 24.0. The van der Waals surface area contributed by atoms with Crippen molar-refractivity contribution in [3.05, 3.63) is 54.2 Å². The Morgan fingerprint density at radius 2 is 1.75 bits per heavy atom. The summed E-state index contributed by atoms with van der Waals surface area (Å²) in [6.45, 7) is 7.55. The van der Waals surface area contributed by atoms with Crippen LogP contribution in [-0.2, 0) is 9.47 Å². The van der Waals surface area contributed by atoms with Crippen LogP contribution in [0.5, 0.6) is 0 Å². The third-order valence-electron chi connectivity index (χ3n) is 3.82. The van der Waals surface area contributed by atoms with Crippen LogP contribution in [0.3, 0.4) is 0 Å². The van der Waals surface area contributed by atoms with E-state index in [1.54, 1.807) is 37.4 Å². The number of anilines is 2. The largest absolute Gasteiger partial charge is 0.462 e. The van der Waals surface area contributed by atoms with E-state index in [-0.39, 0.29) is 5.97 Å². The Balaban J connectivity index is 1.76. The van der Waals surface area contributed by atoms with Gasteiger partial charge in [-0.05, 0) is 70.2 Å². The lowest BCUT2D eigenvalue weighted by atomic mass is 10.2. The zero-order valence-electron chi connectivity index (χ0n) is 16.4. The van der Waals surface area contributed by atoms with Crippen molar-refractivity contribution in [3.63, 3.8) is 0 Å². The molecule has 0 aliphatic heterocycles. The van der Waals surface area contributed by atoms with Gasteiger partial charge in [0, 0.05) is 16.8 Å². The highest BCUT2D eigenvalue weighted by Crippen LogP contribution is 2.23. The second-order valence-electron chi connectivity index (χ2n) is 7.23. The second-order valence-corrected chi connectivity index (χ2v) is 7.23. The Labute approximate surface area is 163 Å². The average molecular weight is 381 g/mol. The van der Waals surface area contributed by atoms with Gasteiger partial charge in [-0.15, -0.1) is 0 Å². The predicted molar refractivity (Wildman–Crippen MR) is 107 cm³/mol. The second kappa shape index (κ2) is 7.72. The van der Waals surface area contributed by atoms with Gasteiger partial charge < -0.3 is 14.8 Å². The molecule has 0 bridgehead atoms. The number of carbonyl (C=O) groups excluding carboxylic acids is 2. The molecule has 0 fully saturated rings. The first-order chi connectivity index (χ1) is 13.3. The van der Waals surface area contributed by atoms with Gasteiger partial charge in [-0.3, -0.25) is 0 Å². The van der Waals surface area contributed by atoms with E-state index in [2.05, 4.69) is 10.4 Å². The molecule has 0 saturated heterocycles. The van der Waals surface area contributed by atoms with Crippen molar-refractivity contribution in [2.24, 2.45) is 0 Å². The average Bonchev–Trinajstić information content (AvgIpc) is 3.04. The normalized spacial score (nSPS) is 11.3. The van der Waals surface area contributed by atoms with Crippen molar-refractivity contribution < 1.29 is 19.1 Å². The van der Waals surface area contributed by atoms with Crippen molar-refractivity contribution in [1.82, 2.24) is 9.78 Å².